The van der Waals surface area contributed by atoms with Crippen molar-refractivity contribution in [3.05, 3.63) is 34.9 Å². The van der Waals surface area contributed by atoms with Gasteiger partial charge in [-0.3, -0.25) is 0 Å². The Bertz CT molecular complexity index is 521. The molecule has 1 aromatic rings. The van der Waals surface area contributed by atoms with Gasteiger partial charge in [0.05, 0.1) is 0 Å². The molecule has 1 heteroatoms. The van der Waals surface area contributed by atoms with Gasteiger partial charge < -0.3 is 0 Å². The van der Waals surface area contributed by atoms with E-state index in [1.807, 2.05) is 0 Å². The molecule has 1 fully saturated rings. The monoisotopic (exact) mass is 330 g/mol. The number of hydrogen-bond donors (Lipinski definition) is 0. The second-order valence-electron chi connectivity index (χ2n) is 8.23. The lowest BCUT2D eigenvalue weighted by Gasteiger charge is -2.26. The third-order valence-electron chi connectivity index (χ3n) is 6.60. The van der Waals surface area contributed by atoms with Crippen LogP contribution in [-0.2, 0) is 12.8 Å². The van der Waals surface area contributed by atoms with Gasteiger partial charge in [0.25, 0.3) is 0 Å². The average Bonchev–Trinajstić information content (AvgIpc) is 2.98. The van der Waals surface area contributed by atoms with Crippen LogP contribution in [0.1, 0.15) is 81.9 Å². The molecule has 3 rings (SSSR count). The second kappa shape index (κ2) is 7.64. The molecule has 0 unspecified atom stereocenters. The Balaban J connectivity index is 1.63. The Kier molecular flexibility index (Phi) is 5.78. The van der Waals surface area contributed by atoms with Crippen molar-refractivity contribution >= 4 is 11.8 Å². The van der Waals surface area contributed by atoms with Gasteiger partial charge in [-0.05, 0) is 90.4 Å². The predicted octanol–water partition coefficient (Wildman–Crippen LogP) is 6.62. The zero-order valence-electron chi connectivity index (χ0n) is 15.4. The van der Waals surface area contributed by atoms with E-state index in [0.717, 1.165) is 11.8 Å². The molecule has 0 bridgehead atoms. The van der Waals surface area contributed by atoms with E-state index in [1.54, 1.807) is 16.7 Å². The van der Waals surface area contributed by atoms with Crippen LogP contribution in [0.3, 0.4) is 0 Å². The van der Waals surface area contributed by atoms with Crippen LogP contribution in [0, 0.1) is 11.3 Å². The third-order valence-corrected chi connectivity index (χ3v) is 7.53. The largest absolute Gasteiger partial charge is 0.162 e. The molecule has 23 heavy (non-hydrogen) atoms. The molecule has 0 spiro atoms. The summed E-state index contributed by atoms with van der Waals surface area (Å²) in [5, 5.41) is 0. The van der Waals surface area contributed by atoms with Crippen LogP contribution in [0.25, 0.3) is 0 Å². The molecule has 0 heterocycles. The number of benzene rings is 1. The van der Waals surface area contributed by atoms with E-state index in [0.29, 0.717) is 5.41 Å². The van der Waals surface area contributed by atoms with E-state index < -0.39 is 0 Å². The van der Waals surface area contributed by atoms with Crippen LogP contribution < -0.4 is 0 Å². The van der Waals surface area contributed by atoms with Crippen LogP contribution in [-0.4, -0.2) is 11.5 Å². The topological polar surface area (TPSA) is 0 Å². The molecule has 0 N–H and O–H groups in total. The van der Waals surface area contributed by atoms with Crippen molar-refractivity contribution in [3.63, 3.8) is 0 Å². The lowest BCUT2D eigenvalue weighted by molar-refractivity contribution is 0.319. The molecule has 0 amide bonds. The van der Waals surface area contributed by atoms with E-state index in [1.165, 1.54) is 62.9 Å². The van der Waals surface area contributed by atoms with Gasteiger partial charge in [0.15, 0.2) is 0 Å². The number of aryl methyl sites for hydroxylation is 1. The fourth-order valence-corrected chi connectivity index (χ4v) is 5.46. The Morgan fingerprint density at radius 2 is 2.04 bits per heavy atom. The fourth-order valence-electron chi connectivity index (χ4n) is 4.67. The lowest BCUT2D eigenvalue weighted by Crippen LogP contribution is -2.15. The zero-order valence-corrected chi connectivity index (χ0v) is 16.2. The maximum Gasteiger partial charge on any atom is -0.00649 e. The average molecular weight is 331 g/mol. The molecule has 0 nitrogen and oxygen atoms in total. The smallest absolute Gasteiger partial charge is 0.00649 e. The summed E-state index contributed by atoms with van der Waals surface area (Å²) in [5.74, 6) is 4.38. The molecular weight excluding hydrogens is 296 g/mol. The highest BCUT2D eigenvalue weighted by atomic mass is 32.2. The Morgan fingerprint density at radius 3 is 2.78 bits per heavy atom. The minimum absolute atomic E-state index is 0.600. The van der Waals surface area contributed by atoms with Crippen molar-refractivity contribution in [2.45, 2.75) is 78.1 Å². The first kappa shape index (κ1) is 17.4. The van der Waals surface area contributed by atoms with Crippen molar-refractivity contribution in [3.8, 4) is 0 Å². The van der Waals surface area contributed by atoms with Crippen molar-refractivity contribution in [1.82, 2.24) is 0 Å². The van der Waals surface area contributed by atoms with Gasteiger partial charge >= 0.3 is 0 Å². The van der Waals surface area contributed by atoms with E-state index >= 15 is 0 Å². The summed E-state index contributed by atoms with van der Waals surface area (Å²) < 4.78 is 0. The maximum atomic E-state index is 2.58. The molecule has 128 valence electrons. The maximum absolute atomic E-state index is 2.58. The fraction of sp³-hybridized carbons (Fsp3) is 0.727. The summed E-state index contributed by atoms with van der Waals surface area (Å²) in [6.07, 6.45) is 11.0. The van der Waals surface area contributed by atoms with Gasteiger partial charge in [0.1, 0.15) is 0 Å². The SMILES string of the molecule is CCSCC[C@H]1CCc2cc([C@H]3CC[C@](C)(CC)C3)ccc2C1. The molecule has 1 saturated carbocycles. The van der Waals surface area contributed by atoms with E-state index in [9.17, 15) is 0 Å². The second-order valence-corrected chi connectivity index (χ2v) is 9.62. The first-order chi connectivity index (χ1) is 11.1. The van der Waals surface area contributed by atoms with Gasteiger partial charge in [-0.25, -0.2) is 0 Å². The third kappa shape index (κ3) is 4.16. The lowest BCUT2D eigenvalue weighted by atomic mass is 9.80. The molecular formula is C22H34S. The van der Waals surface area contributed by atoms with Crippen LogP contribution in [0.4, 0.5) is 0 Å². The van der Waals surface area contributed by atoms with E-state index in [4.69, 9.17) is 0 Å². The van der Waals surface area contributed by atoms with Crippen molar-refractivity contribution < 1.29 is 0 Å². The van der Waals surface area contributed by atoms with Crippen LogP contribution in [0.2, 0.25) is 0 Å². The van der Waals surface area contributed by atoms with Crippen LogP contribution in [0.15, 0.2) is 18.2 Å². The predicted molar refractivity (Wildman–Crippen MR) is 105 cm³/mol. The van der Waals surface area contributed by atoms with Gasteiger partial charge in [-0.2, -0.15) is 11.8 Å². The number of thioether (sulfide) groups is 1. The Morgan fingerprint density at radius 1 is 1.17 bits per heavy atom. The first-order valence-electron chi connectivity index (χ1n) is 9.83. The molecule has 0 aliphatic heterocycles. The molecule has 0 radical (unpaired) electrons. The molecule has 1 aromatic carbocycles. The molecule has 0 aromatic heterocycles. The van der Waals surface area contributed by atoms with E-state index in [2.05, 4.69) is 50.7 Å². The highest BCUT2D eigenvalue weighted by Gasteiger charge is 2.34. The van der Waals surface area contributed by atoms with Crippen molar-refractivity contribution in [2.24, 2.45) is 11.3 Å². The molecule has 0 saturated heterocycles. The van der Waals surface area contributed by atoms with Gasteiger partial charge in [-0.1, -0.05) is 45.4 Å². The Hall–Kier alpha value is -0.430. The number of hydrogen-bond acceptors (Lipinski definition) is 1. The van der Waals surface area contributed by atoms with E-state index in [-0.39, 0.29) is 0 Å². The summed E-state index contributed by atoms with van der Waals surface area (Å²) in [5.41, 5.74) is 5.57. The minimum atomic E-state index is 0.600. The van der Waals surface area contributed by atoms with Gasteiger partial charge in [-0.15, -0.1) is 0 Å². The molecule has 3 atom stereocenters. The zero-order chi connectivity index (χ0) is 16.3. The summed E-state index contributed by atoms with van der Waals surface area (Å²) in [7, 11) is 0. The van der Waals surface area contributed by atoms with Crippen molar-refractivity contribution in [2.75, 3.05) is 11.5 Å². The van der Waals surface area contributed by atoms with Crippen molar-refractivity contribution in [1.29, 1.82) is 0 Å². The summed E-state index contributed by atoms with van der Waals surface area (Å²) in [6, 6.07) is 7.53. The standard InChI is InChI=1S/C22H34S/c1-4-22(3)12-10-21(16-22)20-9-8-18-14-17(11-13-23-5-2)6-7-19(18)15-20/h8-9,15,17,21H,4-7,10-14,16H2,1-3H3/t17-,21+,22+/m1/s1. The van der Waals surface area contributed by atoms with Crippen LogP contribution >= 0.6 is 11.8 Å². The molecule has 2 aliphatic rings. The van der Waals surface area contributed by atoms with Gasteiger partial charge in [0, 0.05) is 0 Å². The van der Waals surface area contributed by atoms with Gasteiger partial charge in [0.2, 0.25) is 0 Å². The molecule has 2 aliphatic carbocycles. The number of rotatable bonds is 6. The summed E-state index contributed by atoms with van der Waals surface area (Å²) >= 11 is 2.10. The number of fused-ring (bicyclic) bond motifs is 1. The summed E-state index contributed by atoms with van der Waals surface area (Å²) in [4.78, 5) is 0. The van der Waals surface area contributed by atoms with Crippen LogP contribution in [0.5, 0.6) is 0 Å². The highest BCUT2D eigenvalue weighted by Crippen LogP contribution is 2.48. The first-order valence-corrected chi connectivity index (χ1v) is 11.0. The minimum Gasteiger partial charge on any atom is -0.162 e. The normalized spacial score (nSPS) is 30.4. The summed E-state index contributed by atoms with van der Waals surface area (Å²) in [6.45, 7) is 7.13. The highest BCUT2D eigenvalue weighted by molar-refractivity contribution is 7.99. The quantitative estimate of drug-likeness (QED) is 0.528. The Labute approximate surface area is 147 Å².